The summed E-state index contributed by atoms with van der Waals surface area (Å²) in [7, 11) is 3.70. The van der Waals surface area contributed by atoms with Gasteiger partial charge in [-0.3, -0.25) is 0 Å². The molecule has 0 aromatic heterocycles. The number of hydrogen-bond acceptors (Lipinski definition) is 3. The molecule has 0 aliphatic carbocycles. The van der Waals surface area contributed by atoms with E-state index in [9.17, 15) is 5.11 Å². The van der Waals surface area contributed by atoms with Crippen LogP contribution in [0.2, 0.25) is 0 Å². The van der Waals surface area contributed by atoms with Gasteiger partial charge in [-0.15, -0.1) is 0 Å². The molecule has 0 bridgehead atoms. The quantitative estimate of drug-likeness (QED) is 0.695. The van der Waals surface area contributed by atoms with Gasteiger partial charge in [-0.2, -0.15) is 0 Å². The first-order chi connectivity index (χ1) is 7.94. The van der Waals surface area contributed by atoms with Crippen LogP contribution in [0.3, 0.4) is 0 Å². The van der Waals surface area contributed by atoms with E-state index in [1.54, 1.807) is 7.11 Å². The molecule has 1 unspecified atom stereocenters. The lowest BCUT2D eigenvalue weighted by molar-refractivity contribution is 0.152. The Hall–Kier alpha value is -0.800. The summed E-state index contributed by atoms with van der Waals surface area (Å²) in [5, 5.41) is 9.58. The molecule has 3 heteroatoms. The Morgan fingerprint density at radius 3 is 2.41 bits per heavy atom. The molecule has 0 radical (unpaired) electrons. The number of likely N-dealkylation sites (N-methyl/N-ethyl adjacent to an activating group) is 1. The van der Waals surface area contributed by atoms with Crippen LogP contribution in [0.1, 0.15) is 27.7 Å². The minimum atomic E-state index is -0.195. The first-order valence-electron chi connectivity index (χ1n) is 6.10. The Bertz CT molecular complexity index is 271. The molecule has 0 aromatic rings. The predicted molar refractivity (Wildman–Crippen MR) is 72.9 cm³/mol. The molecule has 0 rings (SSSR count). The largest absolute Gasteiger partial charge is 0.392 e. The van der Waals surface area contributed by atoms with E-state index in [0.717, 1.165) is 5.57 Å². The van der Waals surface area contributed by atoms with Crippen LogP contribution in [0.5, 0.6) is 0 Å². The lowest BCUT2D eigenvalue weighted by atomic mass is 9.80. The third-order valence-corrected chi connectivity index (χ3v) is 3.55. The van der Waals surface area contributed by atoms with Crippen LogP contribution < -0.4 is 0 Å². The molecule has 0 aromatic carbocycles. The zero-order valence-corrected chi connectivity index (χ0v) is 12.0. The van der Waals surface area contributed by atoms with Gasteiger partial charge < -0.3 is 14.7 Å². The number of rotatable bonds is 7. The summed E-state index contributed by atoms with van der Waals surface area (Å²) in [6.45, 7) is 9.05. The van der Waals surface area contributed by atoms with E-state index >= 15 is 0 Å². The molecule has 1 atom stereocenters. The summed E-state index contributed by atoms with van der Waals surface area (Å²) in [4.78, 5) is 2.15. The smallest absolute Gasteiger partial charge is 0.0665 e. The Labute approximate surface area is 106 Å². The van der Waals surface area contributed by atoms with E-state index in [-0.39, 0.29) is 12.1 Å². The molecule has 17 heavy (non-hydrogen) atoms. The summed E-state index contributed by atoms with van der Waals surface area (Å²) in [6, 6.07) is 0. The van der Waals surface area contributed by atoms with Gasteiger partial charge in [0.25, 0.3) is 0 Å². The lowest BCUT2D eigenvalue weighted by Crippen LogP contribution is -2.48. The summed E-state index contributed by atoms with van der Waals surface area (Å²) in [5.74, 6) is 0.388. The fraction of sp³-hybridized carbons (Fsp3) is 0.714. The van der Waals surface area contributed by atoms with Crippen molar-refractivity contribution in [1.82, 2.24) is 4.90 Å². The first-order valence-corrected chi connectivity index (χ1v) is 6.10. The van der Waals surface area contributed by atoms with Gasteiger partial charge in [-0.25, -0.2) is 0 Å². The van der Waals surface area contributed by atoms with Crippen molar-refractivity contribution in [2.75, 3.05) is 27.4 Å². The summed E-state index contributed by atoms with van der Waals surface area (Å²) in [5.41, 5.74) is 0.801. The lowest BCUT2D eigenvalue weighted by Gasteiger charge is -2.43. The predicted octanol–water partition coefficient (Wildman–Crippen LogP) is 2.43. The Morgan fingerprint density at radius 1 is 1.47 bits per heavy atom. The molecule has 0 aliphatic rings. The van der Waals surface area contributed by atoms with Gasteiger partial charge in [-0.1, -0.05) is 26.0 Å². The molecule has 3 nitrogen and oxygen atoms in total. The van der Waals surface area contributed by atoms with Gasteiger partial charge in [0.2, 0.25) is 0 Å². The highest BCUT2D eigenvalue weighted by molar-refractivity contribution is 5.22. The zero-order chi connectivity index (χ0) is 13.5. The molecule has 0 saturated carbocycles. The second kappa shape index (κ2) is 7.51. The zero-order valence-electron chi connectivity index (χ0n) is 12.0. The van der Waals surface area contributed by atoms with Crippen molar-refractivity contribution in [1.29, 1.82) is 0 Å². The molecular formula is C14H27NO2. The van der Waals surface area contributed by atoms with E-state index in [1.807, 2.05) is 32.3 Å². The number of methoxy groups -OCH3 is 1. The van der Waals surface area contributed by atoms with Crippen molar-refractivity contribution in [3.63, 3.8) is 0 Å². The molecule has 0 spiro atoms. The number of hydrogen-bond donors (Lipinski definition) is 1. The summed E-state index contributed by atoms with van der Waals surface area (Å²) in [6.07, 6.45) is 6.02. The molecule has 0 heterocycles. The monoisotopic (exact) mass is 241 g/mol. The maximum atomic E-state index is 9.58. The second-order valence-corrected chi connectivity index (χ2v) is 4.74. The molecular weight excluding hydrogens is 214 g/mol. The maximum Gasteiger partial charge on any atom is 0.0665 e. The Kier molecular flexibility index (Phi) is 7.16. The molecule has 1 N–H and O–H groups in total. The van der Waals surface area contributed by atoms with Crippen molar-refractivity contribution in [2.45, 2.75) is 33.2 Å². The van der Waals surface area contributed by atoms with Crippen molar-refractivity contribution in [2.24, 2.45) is 5.92 Å². The number of nitrogens with zero attached hydrogens (tertiary/aromatic N) is 1. The fourth-order valence-electron chi connectivity index (χ4n) is 2.00. The topological polar surface area (TPSA) is 32.7 Å². The average Bonchev–Trinajstić information content (AvgIpc) is 2.29. The van der Waals surface area contributed by atoms with Gasteiger partial charge in [0.1, 0.15) is 0 Å². The van der Waals surface area contributed by atoms with E-state index in [0.29, 0.717) is 12.5 Å². The molecule has 0 saturated heterocycles. The van der Waals surface area contributed by atoms with E-state index in [2.05, 4.69) is 25.7 Å². The molecule has 0 fully saturated rings. The van der Waals surface area contributed by atoms with Gasteiger partial charge in [0.05, 0.1) is 18.8 Å². The third-order valence-electron chi connectivity index (χ3n) is 3.55. The van der Waals surface area contributed by atoms with Gasteiger partial charge in [0, 0.05) is 14.2 Å². The van der Waals surface area contributed by atoms with Gasteiger partial charge >= 0.3 is 0 Å². The van der Waals surface area contributed by atoms with E-state index < -0.39 is 0 Å². The first kappa shape index (κ1) is 16.2. The highest BCUT2D eigenvalue weighted by Gasteiger charge is 2.34. The minimum Gasteiger partial charge on any atom is -0.392 e. The Morgan fingerprint density at radius 2 is 2.06 bits per heavy atom. The normalized spacial score (nSPS) is 16.6. The summed E-state index contributed by atoms with van der Waals surface area (Å²) < 4.78 is 5.06. The van der Waals surface area contributed by atoms with Crippen molar-refractivity contribution >= 4 is 0 Å². The van der Waals surface area contributed by atoms with Crippen LogP contribution in [0.4, 0.5) is 0 Å². The molecule has 0 aliphatic heterocycles. The number of allylic oxidation sites excluding steroid dienone is 1. The van der Waals surface area contributed by atoms with Crippen molar-refractivity contribution in [3.8, 4) is 0 Å². The van der Waals surface area contributed by atoms with Crippen LogP contribution in [0.25, 0.3) is 0 Å². The van der Waals surface area contributed by atoms with Crippen LogP contribution >= 0.6 is 0 Å². The highest BCUT2D eigenvalue weighted by Crippen LogP contribution is 2.31. The number of aliphatic hydroxyl groups is 1. The highest BCUT2D eigenvalue weighted by atomic mass is 16.5. The number of ether oxygens (including phenoxy) is 1. The van der Waals surface area contributed by atoms with Crippen molar-refractivity contribution in [3.05, 3.63) is 23.9 Å². The third kappa shape index (κ3) is 3.86. The Balaban J connectivity index is 5.29. The SMILES string of the molecule is C/C=C\N(C)C(C)(/C(=C/COC)CO)C(C)C. The second-order valence-electron chi connectivity index (χ2n) is 4.74. The molecule has 100 valence electrons. The van der Waals surface area contributed by atoms with Crippen LogP contribution in [0, 0.1) is 5.92 Å². The van der Waals surface area contributed by atoms with E-state index in [4.69, 9.17) is 4.74 Å². The maximum absolute atomic E-state index is 9.58. The van der Waals surface area contributed by atoms with Crippen LogP contribution in [-0.4, -0.2) is 42.9 Å². The van der Waals surface area contributed by atoms with Gasteiger partial charge in [0.15, 0.2) is 0 Å². The fourth-order valence-corrected chi connectivity index (χ4v) is 2.00. The van der Waals surface area contributed by atoms with E-state index in [1.165, 1.54) is 0 Å². The number of aliphatic hydroxyl groups excluding tert-OH is 1. The van der Waals surface area contributed by atoms with Crippen LogP contribution in [0.15, 0.2) is 23.9 Å². The standard InChI is InChI=1S/C14H27NO2/c1-7-9-15(5)14(4,12(2)3)13(11-16)8-10-17-6/h7-9,12,16H,10-11H2,1-6H3/b9-7-,13-8+. The molecule has 0 amide bonds. The average molecular weight is 241 g/mol. The van der Waals surface area contributed by atoms with Crippen molar-refractivity contribution < 1.29 is 9.84 Å². The van der Waals surface area contributed by atoms with Gasteiger partial charge in [-0.05, 0) is 31.5 Å². The minimum absolute atomic E-state index is 0.0555. The summed E-state index contributed by atoms with van der Waals surface area (Å²) >= 11 is 0. The van der Waals surface area contributed by atoms with Crippen LogP contribution in [-0.2, 0) is 4.74 Å².